The molecular formula is C16H16ClNO3. The third-order valence-corrected chi connectivity index (χ3v) is 3.21. The van der Waals surface area contributed by atoms with Crippen LogP contribution in [0.2, 0.25) is 5.02 Å². The minimum Gasteiger partial charge on any atom is -0.495 e. The molecule has 2 aromatic carbocycles. The van der Waals surface area contributed by atoms with E-state index in [1.165, 1.54) is 7.11 Å². The van der Waals surface area contributed by atoms with Crippen LogP contribution in [0.3, 0.4) is 0 Å². The molecule has 0 heterocycles. The number of anilines is 2. The van der Waals surface area contributed by atoms with E-state index in [4.69, 9.17) is 16.3 Å². The molecule has 0 spiro atoms. The second-order valence-electron chi connectivity index (χ2n) is 4.42. The van der Waals surface area contributed by atoms with Gasteiger partial charge in [0, 0.05) is 10.7 Å². The summed E-state index contributed by atoms with van der Waals surface area (Å²) < 4.78 is 9.92. The molecule has 0 amide bonds. The van der Waals surface area contributed by atoms with E-state index in [1.807, 2.05) is 24.3 Å². The fourth-order valence-electron chi connectivity index (χ4n) is 1.88. The van der Waals surface area contributed by atoms with Gasteiger partial charge in [0.15, 0.2) is 0 Å². The summed E-state index contributed by atoms with van der Waals surface area (Å²) in [5, 5.41) is 3.86. The molecule has 2 aromatic rings. The zero-order valence-corrected chi connectivity index (χ0v) is 12.6. The summed E-state index contributed by atoms with van der Waals surface area (Å²) in [6, 6.07) is 12.9. The number of benzene rings is 2. The van der Waals surface area contributed by atoms with Gasteiger partial charge in [0.2, 0.25) is 0 Å². The molecule has 0 fully saturated rings. The molecule has 1 N–H and O–H groups in total. The van der Waals surface area contributed by atoms with Crippen molar-refractivity contribution in [3.05, 3.63) is 53.1 Å². The van der Waals surface area contributed by atoms with Crippen LogP contribution in [-0.2, 0) is 16.0 Å². The molecule has 110 valence electrons. The van der Waals surface area contributed by atoms with Crippen LogP contribution in [0.5, 0.6) is 5.75 Å². The summed E-state index contributed by atoms with van der Waals surface area (Å²) >= 11 is 5.99. The van der Waals surface area contributed by atoms with Gasteiger partial charge in [-0.15, -0.1) is 0 Å². The molecule has 0 aromatic heterocycles. The lowest BCUT2D eigenvalue weighted by Gasteiger charge is -2.12. The standard InChI is InChI=1S/C16H16ClNO3/c1-20-15-8-5-12(17)10-14(15)18-13-6-3-11(4-7-13)9-16(19)21-2/h3-8,10,18H,9H2,1-2H3. The number of nitrogens with one attached hydrogen (secondary N) is 1. The lowest BCUT2D eigenvalue weighted by Crippen LogP contribution is -2.04. The Morgan fingerprint density at radius 3 is 2.48 bits per heavy atom. The molecule has 0 aliphatic rings. The van der Waals surface area contributed by atoms with Crippen LogP contribution in [0.1, 0.15) is 5.56 Å². The quantitative estimate of drug-likeness (QED) is 0.853. The van der Waals surface area contributed by atoms with Gasteiger partial charge in [-0.3, -0.25) is 4.79 Å². The average Bonchev–Trinajstić information content (AvgIpc) is 2.49. The number of methoxy groups -OCH3 is 2. The molecule has 0 unspecified atom stereocenters. The third kappa shape index (κ3) is 4.13. The Morgan fingerprint density at radius 1 is 1.14 bits per heavy atom. The maximum atomic E-state index is 11.2. The number of rotatable bonds is 5. The summed E-state index contributed by atoms with van der Waals surface area (Å²) in [5.74, 6) is 0.449. The lowest BCUT2D eigenvalue weighted by molar-refractivity contribution is -0.139. The van der Waals surface area contributed by atoms with Gasteiger partial charge in [-0.25, -0.2) is 0 Å². The van der Waals surface area contributed by atoms with Crippen molar-refractivity contribution in [1.29, 1.82) is 0 Å². The third-order valence-electron chi connectivity index (χ3n) is 2.97. The highest BCUT2D eigenvalue weighted by molar-refractivity contribution is 6.31. The van der Waals surface area contributed by atoms with Crippen molar-refractivity contribution in [3.8, 4) is 5.75 Å². The molecule has 0 atom stereocenters. The number of carbonyl (C=O) groups excluding carboxylic acids is 1. The molecular weight excluding hydrogens is 290 g/mol. The molecule has 0 bridgehead atoms. The van der Waals surface area contributed by atoms with Crippen LogP contribution in [0, 0.1) is 0 Å². The van der Waals surface area contributed by atoms with Crippen LogP contribution in [0.25, 0.3) is 0 Å². The fourth-order valence-corrected chi connectivity index (χ4v) is 2.05. The Bertz CT molecular complexity index is 626. The van der Waals surface area contributed by atoms with E-state index >= 15 is 0 Å². The van der Waals surface area contributed by atoms with Gasteiger partial charge in [-0.1, -0.05) is 23.7 Å². The van der Waals surface area contributed by atoms with Gasteiger partial charge in [-0.2, -0.15) is 0 Å². The number of ether oxygens (including phenoxy) is 2. The lowest BCUT2D eigenvalue weighted by atomic mass is 10.1. The molecule has 0 saturated carbocycles. The van der Waals surface area contributed by atoms with Gasteiger partial charge in [0.1, 0.15) is 5.75 Å². The first-order chi connectivity index (χ1) is 10.1. The monoisotopic (exact) mass is 305 g/mol. The number of carbonyl (C=O) groups is 1. The number of hydrogen-bond acceptors (Lipinski definition) is 4. The summed E-state index contributed by atoms with van der Waals surface area (Å²) in [6.45, 7) is 0. The van der Waals surface area contributed by atoms with Crippen molar-refractivity contribution in [2.75, 3.05) is 19.5 Å². The zero-order valence-electron chi connectivity index (χ0n) is 11.9. The van der Waals surface area contributed by atoms with Crippen LogP contribution in [0.4, 0.5) is 11.4 Å². The number of halogens is 1. The Labute approximate surface area is 128 Å². The van der Waals surface area contributed by atoms with Gasteiger partial charge in [0.25, 0.3) is 0 Å². The second kappa shape index (κ2) is 6.99. The zero-order chi connectivity index (χ0) is 15.2. The van der Waals surface area contributed by atoms with Crippen molar-refractivity contribution < 1.29 is 14.3 Å². The molecule has 0 saturated heterocycles. The average molecular weight is 306 g/mol. The van der Waals surface area contributed by atoms with Gasteiger partial charge in [0.05, 0.1) is 26.3 Å². The van der Waals surface area contributed by atoms with E-state index in [0.717, 1.165) is 16.9 Å². The Morgan fingerprint density at radius 2 is 1.86 bits per heavy atom. The van der Waals surface area contributed by atoms with Crippen molar-refractivity contribution >= 4 is 28.9 Å². The van der Waals surface area contributed by atoms with Gasteiger partial charge in [-0.05, 0) is 35.9 Å². The molecule has 4 nitrogen and oxygen atoms in total. The SMILES string of the molecule is COC(=O)Cc1ccc(Nc2cc(Cl)ccc2OC)cc1. The maximum absolute atomic E-state index is 11.2. The maximum Gasteiger partial charge on any atom is 0.309 e. The number of esters is 1. The molecule has 0 aliphatic carbocycles. The number of hydrogen-bond donors (Lipinski definition) is 1. The van der Waals surface area contributed by atoms with Crippen molar-refractivity contribution in [1.82, 2.24) is 0 Å². The largest absolute Gasteiger partial charge is 0.495 e. The van der Waals surface area contributed by atoms with E-state index in [1.54, 1.807) is 25.3 Å². The first-order valence-electron chi connectivity index (χ1n) is 6.38. The Hall–Kier alpha value is -2.20. The molecule has 0 radical (unpaired) electrons. The normalized spacial score (nSPS) is 10.0. The summed E-state index contributed by atoms with van der Waals surface area (Å²) in [7, 11) is 2.98. The van der Waals surface area contributed by atoms with Crippen LogP contribution < -0.4 is 10.1 Å². The Balaban J connectivity index is 2.13. The Kier molecular flexibility index (Phi) is 5.06. The summed E-state index contributed by atoms with van der Waals surface area (Å²) in [4.78, 5) is 11.2. The van der Waals surface area contributed by atoms with E-state index in [9.17, 15) is 4.79 Å². The van der Waals surface area contributed by atoms with E-state index in [-0.39, 0.29) is 12.4 Å². The van der Waals surface area contributed by atoms with Crippen LogP contribution in [0.15, 0.2) is 42.5 Å². The van der Waals surface area contributed by atoms with Crippen molar-refractivity contribution in [3.63, 3.8) is 0 Å². The molecule has 21 heavy (non-hydrogen) atoms. The highest BCUT2D eigenvalue weighted by Gasteiger charge is 2.06. The first kappa shape index (κ1) is 15.2. The highest BCUT2D eigenvalue weighted by Crippen LogP contribution is 2.30. The molecule has 0 aliphatic heterocycles. The minimum absolute atomic E-state index is 0.257. The topological polar surface area (TPSA) is 47.6 Å². The predicted molar refractivity (Wildman–Crippen MR) is 83.4 cm³/mol. The van der Waals surface area contributed by atoms with Crippen molar-refractivity contribution in [2.24, 2.45) is 0 Å². The van der Waals surface area contributed by atoms with Crippen LogP contribution >= 0.6 is 11.6 Å². The van der Waals surface area contributed by atoms with E-state index < -0.39 is 0 Å². The summed E-state index contributed by atoms with van der Waals surface area (Å²) in [5.41, 5.74) is 2.56. The molecule has 2 rings (SSSR count). The van der Waals surface area contributed by atoms with E-state index in [0.29, 0.717) is 10.8 Å². The summed E-state index contributed by atoms with van der Waals surface area (Å²) in [6.07, 6.45) is 0.261. The first-order valence-corrected chi connectivity index (χ1v) is 6.76. The highest BCUT2D eigenvalue weighted by atomic mass is 35.5. The molecule has 5 heteroatoms. The minimum atomic E-state index is -0.257. The fraction of sp³-hybridized carbons (Fsp3) is 0.188. The van der Waals surface area contributed by atoms with Crippen molar-refractivity contribution in [2.45, 2.75) is 6.42 Å². The van der Waals surface area contributed by atoms with Crippen LogP contribution in [-0.4, -0.2) is 20.2 Å². The smallest absolute Gasteiger partial charge is 0.309 e. The van der Waals surface area contributed by atoms with Gasteiger partial charge >= 0.3 is 5.97 Å². The van der Waals surface area contributed by atoms with E-state index in [2.05, 4.69) is 10.1 Å². The van der Waals surface area contributed by atoms with Gasteiger partial charge < -0.3 is 14.8 Å². The predicted octanol–water partition coefficient (Wildman–Crippen LogP) is 3.81. The second-order valence-corrected chi connectivity index (χ2v) is 4.86.